The van der Waals surface area contributed by atoms with Crippen molar-refractivity contribution in [2.24, 2.45) is 5.73 Å². The van der Waals surface area contributed by atoms with E-state index in [1.807, 2.05) is 6.07 Å². The average molecular weight is 233 g/mol. The lowest BCUT2D eigenvalue weighted by Gasteiger charge is -1.96. The normalized spacial score (nSPS) is 10.2. The molecule has 1 amide bonds. The Labute approximate surface area is 97.0 Å². The van der Waals surface area contributed by atoms with Crippen LogP contribution in [0.5, 0.6) is 0 Å². The Balaban J connectivity index is 2.04. The third-order valence-corrected chi connectivity index (χ3v) is 2.01. The van der Waals surface area contributed by atoms with Crippen LogP contribution in [0.1, 0.15) is 5.89 Å². The maximum absolute atomic E-state index is 10.9. The van der Waals surface area contributed by atoms with E-state index in [4.69, 9.17) is 10.3 Å². The van der Waals surface area contributed by atoms with Gasteiger partial charge in [0.05, 0.1) is 13.1 Å². The minimum Gasteiger partial charge on any atom is -0.346 e. The average Bonchev–Trinajstić information content (AvgIpc) is 2.86. The topological polar surface area (TPSA) is 107 Å². The molecule has 0 spiro atoms. The maximum Gasteiger partial charge on any atom is 0.246 e. The van der Waals surface area contributed by atoms with Crippen LogP contribution in [0.2, 0.25) is 0 Å². The summed E-state index contributed by atoms with van der Waals surface area (Å²) in [6.45, 7) is 0.104. The van der Waals surface area contributed by atoms with Gasteiger partial charge in [0.1, 0.15) is 0 Å². The van der Waals surface area contributed by atoms with Crippen molar-refractivity contribution in [3.63, 3.8) is 0 Å². The molecule has 3 N–H and O–H groups in total. The van der Waals surface area contributed by atoms with Crippen molar-refractivity contribution in [2.75, 3.05) is 6.54 Å². The summed E-state index contributed by atoms with van der Waals surface area (Å²) in [5, 5.41) is 6.32. The van der Waals surface area contributed by atoms with E-state index in [1.54, 1.807) is 18.5 Å². The lowest BCUT2D eigenvalue weighted by molar-refractivity contribution is -0.120. The number of hydrogen-bond acceptors (Lipinski definition) is 6. The Kier molecular flexibility index (Phi) is 3.41. The van der Waals surface area contributed by atoms with Crippen LogP contribution in [-0.2, 0) is 11.3 Å². The number of pyridine rings is 1. The number of rotatable bonds is 4. The molecule has 0 bridgehead atoms. The molecule has 17 heavy (non-hydrogen) atoms. The van der Waals surface area contributed by atoms with Crippen molar-refractivity contribution in [2.45, 2.75) is 6.54 Å². The Hall–Kier alpha value is -2.28. The summed E-state index contributed by atoms with van der Waals surface area (Å²) in [5.41, 5.74) is 5.90. The van der Waals surface area contributed by atoms with Crippen LogP contribution in [0.25, 0.3) is 11.4 Å². The largest absolute Gasteiger partial charge is 0.346 e. The fourth-order valence-corrected chi connectivity index (χ4v) is 1.19. The Morgan fingerprint density at radius 1 is 1.53 bits per heavy atom. The van der Waals surface area contributed by atoms with E-state index in [0.717, 1.165) is 5.56 Å². The van der Waals surface area contributed by atoms with E-state index in [-0.39, 0.29) is 19.0 Å². The van der Waals surface area contributed by atoms with Gasteiger partial charge < -0.3 is 15.6 Å². The number of carbonyl (C=O) groups is 1. The molecule has 0 fully saturated rings. The summed E-state index contributed by atoms with van der Waals surface area (Å²) in [4.78, 5) is 19.0. The molecule has 88 valence electrons. The second kappa shape index (κ2) is 5.17. The predicted molar refractivity (Wildman–Crippen MR) is 58.4 cm³/mol. The quantitative estimate of drug-likeness (QED) is 0.751. The van der Waals surface area contributed by atoms with Gasteiger partial charge in [-0.15, -0.1) is 0 Å². The van der Waals surface area contributed by atoms with E-state index >= 15 is 0 Å². The van der Waals surface area contributed by atoms with Gasteiger partial charge in [-0.1, -0.05) is 5.16 Å². The standard InChI is InChI=1S/C10H11N5O2/c11-4-8(16)13-6-9-14-10(15-17-9)7-2-1-3-12-5-7/h1-3,5H,4,6,11H2,(H,13,16). The van der Waals surface area contributed by atoms with Crippen molar-refractivity contribution >= 4 is 5.91 Å². The molecule has 0 radical (unpaired) electrons. The first-order valence-electron chi connectivity index (χ1n) is 4.99. The monoisotopic (exact) mass is 233 g/mol. The van der Waals surface area contributed by atoms with Gasteiger partial charge in [0.15, 0.2) is 0 Å². The molecule has 2 rings (SSSR count). The van der Waals surface area contributed by atoms with Crippen LogP contribution in [0.4, 0.5) is 0 Å². The minimum atomic E-state index is -0.272. The van der Waals surface area contributed by atoms with E-state index in [9.17, 15) is 4.79 Å². The van der Waals surface area contributed by atoms with Crippen LogP contribution in [0.3, 0.4) is 0 Å². The molecule has 7 nitrogen and oxygen atoms in total. The lowest BCUT2D eigenvalue weighted by Crippen LogP contribution is -2.29. The number of aromatic nitrogens is 3. The van der Waals surface area contributed by atoms with Gasteiger partial charge in [-0.25, -0.2) is 0 Å². The summed E-state index contributed by atoms with van der Waals surface area (Å²) in [5.74, 6) is 0.492. The van der Waals surface area contributed by atoms with Crippen LogP contribution in [0.15, 0.2) is 29.0 Å². The van der Waals surface area contributed by atoms with E-state index in [2.05, 4.69) is 20.4 Å². The van der Waals surface area contributed by atoms with Gasteiger partial charge in [-0.05, 0) is 12.1 Å². The van der Waals surface area contributed by atoms with Crippen LogP contribution >= 0.6 is 0 Å². The van der Waals surface area contributed by atoms with Crippen molar-refractivity contribution in [1.82, 2.24) is 20.4 Å². The zero-order valence-electron chi connectivity index (χ0n) is 8.96. The van der Waals surface area contributed by atoms with Crippen molar-refractivity contribution in [3.8, 4) is 11.4 Å². The number of nitrogens with one attached hydrogen (secondary N) is 1. The van der Waals surface area contributed by atoms with Crippen molar-refractivity contribution < 1.29 is 9.32 Å². The number of nitrogens with zero attached hydrogens (tertiary/aromatic N) is 3. The van der Waals surface area contributed by atoms with Crippen LogP contribution < -0.4 is 11.1 Å². The summed E-state index contributed by atoms with van der Waals surface area (Å²) in [6, 6.07) is 3.60. The number of carbonyl (C=O) groups excluding carboxylic acids is 1. The van der Waals surface area contributed by atoms with Crippen LogP contribution in [0, 0.1) is 0 Å². The molecule has 2 aromatic rings. The van der Waals surface area contributed by atoms with E-state index < -0.39 is 0 Å². The summed E-state index contributed by atoms with van der Waals surface area (Å²) in [6.07, 6.45) is 3.29. The molecular formula is C10H11N5O2. The maximum atomic E-state index is 10.9. The van der Waals surface area contributed by atoms with Gasteiger partial charge in [0.25, 0.3) is 0 Å². The molecule has 0 aliphatic heterocycles. The van der Waals surface area contributed by atoms with Gasteiger partial charge in [0, 0.05) is 18.0 Å². The molecule has 0 atom stereocenters. The van der Waals surface area contributed by atoms with Crippen molar-refractivity contribution in [1.29, 1.82) is 0 Å². The Bertz CT molecular complexity index is 496. The van der Waals surface area contributed by atoms with Crippen LogP contribution in [-0.4, -0.2) is 27.6 Å². The van der Waals surface area contributed by atoms with Gasteiger partial charge >= 0.3 is 0 Å². The first-order chi connectivity index (χ1) is 8.29. The molecule has 0 aliphatic carbocycles. The number of nitrogens with two attached hydrogens (primary N) is 1. The Morgan fingerprint density at radius 2 is 2.41 bits per heavy atom. The molecule has 2 heterocycles. The zero-order chi connectivity index (χ0) is 12.1. The smallest absolute Gasteiger partial charge is 0.246 e. The summed E-state index contributed by atoms with van der Waals surface area (Å²) in [7, 11) is 0. The van der Waals surface area contributed by atoms with Crippen molar-refractivity contribution in [3.05, 3.63) is 30.4 Å². The van der Waals surface area contributed by atoms with E-state index in [1.165, 1.54) is 0 Å². The molecular weight excluding hydrogens is 222 g/mol. The second-order valence-corrected chi connectivity index (χ2v) is 3.23. The predicted octanol–water partition coefficient (Wildman–Crippen LogP) is -0.294. The fourth-order valence-electron chi connectivity index (χ4n) is 1.19. The highest BCUT2D eigenvalue weighted by Gasteiger charge is 2.08. The SMILES string of the molecule is NCC(=O)NCc1nc(-c2cccnc2)no1. The van der Waals surface area contributed by atoms with Gasteiger partial charge in [0.2, 0.25) is 17.6 Å². The summed E-state index contributed by atoms with van der Waals surface area (Å²) < 4.78 is 4.97. The zero-order valence-corrected chi connectivity index (χ0v) is 8.96. The molecule has 0 unspecified atom stereocenters. The first kappa shape index (κ1) is 11.2. The van der Waals surface area contributed by atoms with E-state index in [0.29, 0.717) is 11.7 Å². The Morgan fingerprint density at radius 3 is 3.12 bits per heavy atom. The first-order valence-corrected chi connectivity index (χ1v) is 4.99. The highest BCUT2D eigenvalue weighted by molar-refractivity contribution is 5.77. The lowest BCUT2D eigenvalue weighted by atomic mass is 10.3. The second-order valence-electron chi connectivity index (χ2n) is 3.23. The third kappa shape index (κ3) is 2.85. The third-order valence-electron chi connectivity index (χ3n) is 2.01. The minimum absolute atomic E-state index is 0.0659. The molecule has 0 saturated heterocycles. The number of amides is 1. The van der Waals surface area contributed by atoms with Gasteiger partial charge in [-0.2, -0.15) is 4.98 Å². The molecule has 2 aromatic heterocycles. The number of hydrogen-bond donors (Lipinski definition) is 2. The summed E-state index contributed by atoms with van der Waals surface area (Å²) >= 11 is 0. The molecule has 0 aromatic carbocycles. The highest BCUT2D eigenvalue weighted by atomic mass is 16.5. The molecule has 7 heteroatoms. The molecule has 0 saturated carbocycles. The highest BCUT2D eigenvalue weighted by Crippen LogP contribution is 2.13. The van der Waals surface area contributed by atoms with Gasteiger partial charge in [-0.3, -0.25) is 9.78 Å². The fraction of sp³-hybridized carbons (Fsp3) is 0.200. The molecule has 0 aliphatic rings.